The molecule has 0 aromatic heterocycles. The molecular weight excluding hydrogens is 306 g/mol. The van der Waals surface area contributed by atoms with Crippen LogP contribution in [-0.4, -0.2) is 48.5 Å². The summed E-state index contributed by atoms with van der Waals surface area (Å²) in [5, 5.41) is 9.10. The van der Waals surface area contributed by atoms with Gasteiger partial charge in [0.2, 0.25) is 6.29 Å². The molecule has 0 bridgehead atoms. The van der Waals surface area contributed by atoms with Crippen molar-refractivity contribution in [2.75, 3.05) is 26.3 Å². The molecule has 1 N–H and O–H groups in total. The molecule has 2 heterocycles. The molecule has 5 heteroatoms. The molecule has 138 valence electrons. The fourth-order valence-corrected chi connectivity index (χ4v) is 3.64. The summed E-state index contributed by atoms with van der Waals surface area (Å²) in [6.07, 6.45) is 8.95. The van der Waals surface area contributed by atoms with Crippen molar-refractivity contribution in [3.8, 4) is 0 Å². The van der Waals surface area contributed by atoms with Gasteiger partial charge in [-0.2, -0.15) is 0 Å². The lowest BCUT2D eigenvalue weighted by atomic mass is 9.86. The summed E-state index contributed by atoms with van der Waals surface area (Å²) in [7, 11) is 0. The first-order valence-electron chi connectivity index (χ1n) is 9.57. The quantitative estimate of drug-likeness (QED) is 0.808. The van der Waals surface area contributed by atoms with Crippen LogP contribution in [-0.2, 0) is 14.3 Å². The summed E-state index contributed by atoms with van der Waals surface area (Å²) in [5.74, 6) is 0.840. The Morgan fingerprint density at radius 1 is 1.29 bits per heavy atom. The van der Waals surface area contributed by atoms with Gasteiger partial charge in [-0.15, -0.1) is 0 Å². The summed E-state index contributed by atoms with van der Waals surface area (Å²) < 4.78 is 11.7. The molecule has 0 radical (unpaired) electrons. The molecule has 0 saturated carbocycles. The van der Waals surface area contributed by atoms with Crippen LogP contribution in [0.4, 0.5) is 0 Å². The molecule has 2 aliphatic rings. The Hall–Kier alpha value is -1.07. The number of aliphatic hydroxyl groups excluding tert-OH is 1. The minimum Gasteiger partial charge on any atom is -0.459 e. The van der Waals surface area contributed by atoms with Crippen molar-refractivity contribution in [2.45, 2.75) is 65.1 Å². The number of amides is 1. The Morgan fingerprint density at radius 3 is 2.58 bits per heavy atom. The largest absolute Gasteiger partial charge is 0.459 e. The van der Waals surface area contributed by atoms with E-state index in [0.717, 1.165) is 38.8 Å². The first kappa shape index (κ1) is 19.3. The maximum Gasteiger partial charge on any atom is 0.288 e. The van der Waals surface area contributed by atoms with Crippen LogP contribution in [0.1, 0.15) is 58.8 Å². The van der Waals surface area contributed by atoms with E-state index in [9.17, 15) is 4.79 Å². The van der Waals surface area contributed by atoms with Gasteiger partial charge in [0.1, 0.15) is 0 Å². The molecule has 3 atom stereocenters. The fourth-order valence-electron chi connectivity index (χ4n) is 3.64. The van der Waals surface area contributed by atoms with Crippen molar-refractivity contribution in [3.63, 3.8) is 0 Å². The minimum atomic E-state index is -0.393. The predicted octanol–water partition coefficient (Wildman–Crippen LogP) is 3.08. The van der Waals surface area contributed by atoms with Crippen molar-refractivity contribution in [1.82, 2.24) is 4.90 Å². The maximum absolute atomic E-state index is 12.9. The highest BCUT2D eigenvalue weighted by Crippen LogP contribution is 2.33. The Bertz CT molecular complexity index is 416. The van der Waals surface area contributed by atoms with Crippen LogP contribution in [0.3, 0.4) is 0 Å². The molecule has 2 aliphatic heterocycles. The average molecular weight is 339 g/mol. The monoisotopic (exact) mass is 339 g/mol. The third-order valence-corrected chi connectivity index (χ3v) is 5.06. The second-order valence-electron chi connectivity index (χ2n) is 6.92. The van der Waals surface area contributed by atoms with Gasteiger partial charge in [-0.25, -0.2) is 0 Å². The van der Waals surface area contributed by atoms with Gasteiger partial charge in [-0.3, -0.25) is 4.79 Å². The van der Waals surface area contributed by atoms with E-state index in [0.29, 0.717) is 12.4 Å². The number of ether oxygens (including phenoxy) is 2. The lowest BCUT2D eigenvalue weighted by Gasteiger charge is -2.36. The van der Waals surface area contributed by atoms with Gasteiger partial charge in [-0.1, -0.05) is 26.2 Å². The van der Waals surface area contributed by atoms with E-state index in [1.807, 2.05) is 17.9 Å². The molecule has 1 amide bonds. The lowest BCUT2D eigenvalue weighted by molar-refractivity contribution is -0.174. The van der Waals surface area contributed by atoms with Crippen LogP contribution in [0.2, 0.25) is 0 Å². The minimum absolute atomic E-state index is 0.00839. The molecule has 0 spiro atoms. The van der Waals surface area contributed by atoms with E-state index >= 15 is 0 Å². The Kier molecular flexibility index (Phi) is 8.06. The van der Waals surface area contributed by atoms with E-state index in [1.54, 1.807) is 0 Å². The number of rotatable bonds is 6. The Balaban J connectivity index is 2.06. The number of allylic oxidation sites excluding steroid dienone is 1. The maximum atomic E-state index is 12.9. The van der Waals surface area contributed by atoms with Gasteiger partial charge in [0.25, 0.3) is 5.91 Å². The van der Waals surface area contributed by atoms with E-state index < -0.39 is 6.29 Å². The molecule has 0 aromatic carbocycles. The van der Waals surface area contributed by atoms with E-state index in [2.05, 4.69) is 6.92 Å². The number of aliphatic hydroxyl groups is 1. The second-order valence-corrected chi connectivity index (χ2v) is 6.92. The third kappa shape index (κ3) is 5.21. The zero-order chi connectivity index (χ0) is 17.4. The molecule has 0 aromatic rings. The Labute approximate surface area is 146 Å². The number of likely N-dealkylation sites (tertiary alicyclic amines) is 1. The van der Waals surface area contributed by atoms with Gasteiger partial charge >= 0.3 is 0 Å². The highest BCUT2D eigenvalue weighted by molar-refractivity contribution is 5.91. The molecule has 5 nitrogen and oxygen atoms in total. The molecule has 1 saturated heterocycles. The first-order valence-corrected chi connectivity index (χ1v) is 9.57. The molecule has 1 fully saturated rings. The molecule has 2 rings (SSSR count). The van der Waals surface area contributed by atoms with Crippen LogP contribution in [0.15, 0.2) is 11.8 Å². The highest BCUT2D eigenvalue weighted by atomic mass is 16.7. The van der Waals surface area contributed by atoms with Crippen molar-refractivity contribution >= 4 is 5.91 Å². The van der Waals surface area contributed by atoms with Crippen LogP contribution in [0.25, 0.3) is 0 Å². The molecule has 0 aliphatic carbocycles. The normalized spacial score (nSPS) is 28.5. The zero-order valence-electron chi connectivity index (χ0n) is 15.2. The zero-order valence-corrected chi connectivity index (χ0v) is 15.2. The van der Waals surface area contributed by atoms with Gasteiger partial charge in [0, 0.05) is 32.2 Å². The number of hydrogen-bond acceptors (Lipinski definition) is 4. The van der Waals surface area contributed by atoms with Gasteiger partial charge in [0.15, 0.2) is 5.76 Å². The number of hydrogen-bond donors (Lipinski definition) is 1. The molecule has 0 unspecified atom stereocenters. The van der Waals surface area contributed by atoms with Crippen molar-refractivity contribution in [2.24, 2.45) is 11.8 Å². The SMILES string of the molecule is CCO[C@H]1OC(C(=O)N2CCCCCCC2)=C[C@@H](C)[C@H]1CCCO. The summed E-state index contributed by atoms with van der Waals surface area (Å²) in [6, 6.07) is 0. The number of carbonyl (C=O) groups is 1. The van der Waals surface area contributed by atoms with Crippen LogP contribution in [0.5, 0.6) is 0 Å². The molecular formula is C19H33NO4. The smallest absolute Gasteiger partial charge is 0.288 e. The number of nitrogens with zero attached hydrogens (tertiary/aromatic N) is 1. The summed E-state index contributed by atoms with van der Waals surface area (Å²) >= 11 is 0. The van der Waals surface area contributed by atoms with Gasteiger partial charge in [-0.05, 0) is 44.6 Å². The van der Waals surface area contributed by atoms with Crippen molar-refractivity contribution in [3.05, 3.63) is 11.8 Å². The van der Waals surface area contributed by atoms with Crippen molar-refractivity contribution in [1.29, 1.82) is 0 Å². The average Bonchev–Trinajstić information content (AvgIpc) is 2.53. The summed E-state index contributed by atoms with van der Waals surface area (Å²) in [6.45, 7) is 6.42. The van der Waals surface area contributed by atoms with E-state index in [1.165, 1.54) is 19.3 Å². The van der Waals surface area contributed by atoms with Crippen LogP contribution < -0.4 is 0 Å². The van der Waals surface area contributed by atoms with Crippen LogP contribution in [0, 0.1) is 11.8 Å². The van der Waals surface area contributed by atoms with Gasteiger partial charge < -0.3 is 19.5 Å². The van der Waals surface area contributed by atoms with Crippen molar-refractivity contribution < 1.29 is 19.4 Å². The number of carbonyl (C=O) groups excluding carboxylic acids is 1. The highest BCUT2D eigenvalue weighted by Gasteiger charge is 2.35. The Morgan fingerprint density at radius 2 is 1.96 bits per heavy atom. The van der Waals surface area contributed by atoms with Gasteiger partial charge in [0.05, 0.1) is 0 Å². The summed E-state index contributed by atoms with van der Waals surface area (Å²) in [5.41, 5.74) is 0. The second kappa shape index (κ2) is 10.0. The van der Waals surface area contributed by atoms with Crippen LogP contribution >= 0.6 is 0 Å². The first-order chi connectivity index (χ1) is 11.7. The predicted molar refractivity (Wildman–Crippen MR) is 93.2 cm³/mol. The standard InChI is InChI=1S/C19H33NO4/c1-3-23-19-16(10-9-13-21)15(2)14-17(24-19)18(22)20-11-7-5-4-6-8-12-20/h14-16,19,21H,3-13H2,1-2H3/t15-,16-,19+/m1/s1. The fraction of sp³-hybridized carbons (Fsp3) is 0.842. The molecule has 24 heavy (non-hydrogen) atoms. The third-order valence-electron chi connectivity index (χ3n) is 5.06. The summed E-state index contributed by atoms with van der Waals surface area (Å²) in [4.78, 5) is 14.8. The van der Waals surface area contributed by atoms with E-state index in [-0.39, 0.29) is 24.3 Å². The lowest BCUT2D eigenvalue weighted by Crippen LogP contribution is -2.41. The van der Waals surface area contributed by atoms with E-state index in [4.69, 9.17) is 14.6 Å². The topological polar surface area (TPSA) is 59.0 Å².